The van der Waals surface area contributed by atoms with E-state index in [0.29, 0.717) is 37.5 Å². The van der Waals surface area contributed by atoms with E-state index in [1.165, 1.54) is 18.3 Å². The Morgan fingerprint density at radius 1 is 1.05 bits per heavy atom. The normalized spacial score (nSPS) is 21.2. The molecule has 6 rings (SSSR count). The highest BCUT2D eigenvalue weighted by Crippen LogP contribution is 2.40. The first-order valence-corrected chi connectivity index (χ1v) is 13.4. The lowest BCUT2D eigenvalue weighted by Crippen LogP contribution is -2.45. The number of ether oxygens (including phenoxy) is 2. The third-order valence-electron chi connectivity index (χ3n) is 8.26. The van der Waals surface area contributed by atoms with Gasteiger partial charge in [0.2, 0.25) is 0 Å². The number of aromatic nitrogens is 2. The van der Waals surface area contributed by atoms with Crippen molar-refractivity contribution >= 4 is 16.9 Å². The molecule has 39 heavy (non-hydrogen) atoms. The number of halogens is 4. The highest BCUT2D eigenvalue weighted by molar-refractivity contribution is 5.94. The number of carbonyl (C=O) groups is 1. The van der Waals surface area contributed by atoms with E-state index in [9.17, 15) is 18.0 Å². The van der Waals surface area contributed by atoms with Crippen LogP contribution in [-0.2, 0) is 17.6 Å². The highest BCUT2D eigenvalue weighted by atomic mass is 19.4. The van der Waals surface area contributed by atoms with Gasteiger partial charge in [0.05, 0.1) is 19.4 Å². The molecule has 1 unspecified atom stereocenters. The van der Waals surface area contributed by atoms with E-state index in [2.05, 4.69) is 19.6 Å². The maximum atomic E-state index is 15.4. The number of aromatic amines is 1. The van der Waals surface area contributed by atoms with Crippen LogP contribution in [0.5, 0.6) is 5.75 Å². The molecule has 1 atom stereocenters. The summed E-state index contributed by atoms with van der Waals surface area (Å²) >= 11 is 0. The summed E-state index contributed by atoms with van der Waals surface area (Å²) in [5.74, 6) is -1.02. The van der Waals surface area contributed by atoms with E-state index in [-0.39, 0.29) is 29.0 Å². The van der Waals surface area contributed by atoms with E-state index in [1.807, 2.05) is 0 Å². The number of fused-ring (bicyclic) bond motifs is 3. The minimum Gasteiger partial charge on any atom is -0.406 e. The van der Waals surface area contributed by atoms with Gasteiger partial charge in [-0.05, 0) is 67.9 Å². The molecule has 208 valence electrons. The Kier molecular flexibility index (Phi) is 6.96. The van der Waals surface area contributed by atoms with Gasteiger partial charge in [0.25, 0.3) is 5.91 Å². The number of rotatable bonds is 4. The van der Waals surface area contributed by atoms with Crippen LogP contribution in [0.2, 0.25) is 0 Å². The maximum Gasteiger partial charge on any atom is 0.573 e. The SMILES string of the molecule is O=C(c1ccc(OC(F)(F)F)cc1)N1CCC(c2c(F)cnc3[nH]c4c(c23)CC(N2CCOCC2)CC4)CC1. The van der Waals surface area contributed by atoms with E-state index in [4.69, 9.17) is 4.74 Å². The summed E-state index contributed by atoms with van der Waals surface area (Å²) in [7, 11) is 0. The van der Waals surface area contributed by atoms with Crippen LogP contribution in [0.25, 0.3) is 11.0 Å². The second-order valence-electron chi connectivity index (χ2n) is 10.5. The average Bonchev–Trinajstić information content (AvgIpc) is 3.31. The summed E-state index contributed by atoms with van der Waals surface area (Å²) < 4.78 is 62.1. The largest absolute Gasteiger partial charge is 0.573 e. The van der Waals surface area contributed by atoms with Gasteiger partial charge < -0.3 is 19.4 Å². The van der Waals surface area contributed by atoms with Crippen LogP contribution in [0.4, 0.5) is 17.6 Å². The zero-order valence-corrected chi connectivity index (χ0v) is 21.4. The molecule has 2 aromatic heterocycles. The Balaban J connectivity index is 1.18. The number of likely N-dealkylation sites (tertiary alicyclic amines) is 1. The first-order chi connectivity index (χ1) is 18.8. The summed E-state index contributed by atoms with van der Waals surface area (Å²) in [4.78, 5) is 25.0. The van der Waals surface area contributed by atoms with Crippen molar-refractivity contribution in [1.29, 1.82) is 0 Å². The van der Waals surface area contributed by atoms with Crippen LogP contribution < -0.4 is 4.74 Å². The molecule has 4 heterocycles. The van der Waals surface area contributed by atoms with Gasteiger partial charge in [0.1, 0.15) is 17.2 Å². The van der Waals surface area contributed by atoms with Crippen molar-refractivity contribution in [3.8, 4) is 5.75 Å². The van der Waals surface area contributed by atoms with Gasteiger partial charge in [-0.15, -0.1) is 13.2 Å². The molecule has 2 fully saturated rings. The number of hydrogen-bond donors (Lipinski definition) is 1. The van der Waals surface area contributed by atoms with Gasteiger partial charge in [-0.1, -0.05) is 0 Å². The molecule has 1 aromatic carbocycles. The number of pyridine rings is 1. The molecule has 0 bridgehead atoms. The fourth-order valence-corrected chi connectivity index (χ4v) is 6.37. The van der Waals surface area contributed by atoms with Crippen LogP contribution in [0.15, 0.2) is 30.5 Å². The molecular weight excluding hydrogens is 516 g/mol. The van der Waals surface area contributed by atoms with Gasteiger partial charge in [-0.3, -0.25) is 9.69 Å². The predicted molar refractivity (Wildman–Crippen MR) is 135 cm³/mol. The zero-order valence-electron chi connectivity index (χ0n) is 21.4. The number of aryl methyl sites for hydroxylation is 1. The van der Waals surface area contributed by atoms with E-state index in [0.717, 1.165) is 80.0 Å². The molecule has 11 heteroatoms. The Morgan fingerprint density at radius 2 is 1.77 bits per heavy atom. The number of piperidine rings is 1. The van der Waals surface area contributed by atoms with Crippen molar-refractivity contribution in [1.82, 2.24) is 19.8 Å². The predicted octanol–water partition coefficient (Wildman–Crippen LogP) is 4.81. The summed E-state index contributed by atoms with van der Waals surface area (Å²) in [5.41, 5.74) is 3.99. The maximum absolute atomic E-state index is 15.4. The molecule has 0 saturated carbocycles. The summed E-state index contributed by atoms with van der Waals surface area (Å²) in [6, 6.07) is 5.33. The minimum atomic E-state index is -4.79. The number of nitrogens with one attached hydrogen (secondary N) is 1. The third kappa shape index (κ3) is 5.34. The zero-order chi connectivity index (χ0) is 27.1. The van der Waals surface area contributed by atoms with E-state index in [1.54, 1.807) is 4.90 Å². The Labute approximate surface area is 223 Å². The van der Waals surface area contributed by atoms with Gasteiger partial charge in [-0.2, -0.15) is 0 Å². The average molecular weight is 547 g/mol. The van der Waals surface area contributed by atoms with Gasteiger partial charge in [-0.25, -0.2) is 9.37 Å². The second kappa shape index (κ2) is 10.4. The standard InChI is InChI=1S/C28H30F4N4O3/c29-22-16-33-26-25(21-15-19(3-6-23(21)34-26)35-11-13-38-14-12-35)24(22)17-7-9-36(10-8-17)27(37)18-1-4-20(5-2-18)39-28(30,31)32/h1-2,4-5,16-17,19H,3,6-15H2,(H,33,34). The summed E-state index contributed by atoms with van der Waals surface area (Å²) in [6.07, 6.45) is 0.465. The van der Waals surface area contributed by atoms with Crippen molar-refractivity contribution in [2.45, 2.75) is 50.4 Å². The minimum absolute atomic E-state index is 0.0641. The molecule has 1 N–H and O–H groups in total. The lowest BCUT2D eigenvalue weighted by Gasteiger charge is -2.37. The number of H-pyrrole nitrogens is 1. The Hall–Kier alpha value is -3.18. The highest BCUT2D eigenvalue weighted by Gasteiger charge is 2.34. The van der Waals surface area contributed by atoms with Crippen LogP contribution in [0.3, 0.4) is 0 Å². The van der Waals surface area contributed by atoms with Gasteiger partial charge in [0.15, 0.2) is 0 Å². The Morgan fingerprint density at radius 3 is 2.46 bits per heavy atom. The number of alkyl halides is 3. The van der Waals surface area contributed by atoms with Crippen molar-refractivity contribution in [3.63, 3.8) is 0 Å². The van der Waals surface area contributed by atoms with Crippen LogP contribution in [-0.4, -0.2) is 77.5 Å². The van der Waals surface area contributed by atoms with Gasteiger partial charge in [0, 0.05) is 54.4 Å². The topological polar surface area (TPSA) is 70.7 Å². The molecule has 3 aromatic rings. The number of morpholine rings is 1. The fraction of sp³-hybridized carbons (Fsp3) is 0.500. The Bertz CT molecular complexity index is 1340. The molecule has 0 radical (unpaired) electrons. The number of carbonyl (C=O) groups excluding carboxylic acids is 1. The lowest BCUT2D eigenvalue weighted by atomic mass is 9.84. The first kappa shape index (κ1) is 26.1. The molecule has 7 nitrogen and oxygen atoms in total. The molecule has 1 aliphatic carbocycles. The molecule has 0 spiro atoms. The quantitative estimate of drug-likeness (QED) is 0.476. The van der Waals surface area contributed by atoms with Crippen LogP contribution >= 0.6 is 0 Å². The van der Waals surface area contributed by atoms with Crippen molar-refractivity contribution in [2.24, 2.45) is 0 Å². The lowest BCUT2D eigenvalue weighted by molar-refractivity contribution is -0.274. The van der Waals surface area contributed by atoms with Crippen molar-refractivity contribution in [2.75, 3.05) is 39.4 Å². The monoisotopic (exact) mass is 546 g/mol. The number of amides is 1. The summed E-state index contributed by atoms with van der Waals surface area (Å²) in [6.45, 7) is 4.15. The van der Waals surface area contributed by atoms with Crippen LogP contribution in [0.1, 0.15) is 52.4 Å². The van der Waals surface area contributed by atoms with Crippen molar-refractivity contribution in [3.05, 3.63) is 58.7 Å². The smallest absolute Gasteiger partial charge is 0.406 e. The number of nitrogens with zero attached hydrogens (tertiary/aromatic N) is 3. The van der Waals surface area contributed by atoms with Crippen LogP contribution in [0, 0.1) is 5.82 Å². The van der Waals surface area contributed by atoms with E-state index < -0.39 is 6.36 Å². The fourth-order valence-electron chi connectivity index (χ4n) is 6.37. The molecular formula is C28H30F4N4O3. The number of benzene rings is 1. The summed E-state index contributed by atoms with van der Waals surface area (Å²) in [5, 5.41) is 0.896. The third-order valence-corrected chi connectivity index (χ3v) is 8.26. The van der Waals surface area contributed by atoms with Gasteiger partial charge >= 0.3 is 6.36 Å². The molecule has 2 saturated heterocycles. The molecule has 3 aliphatic rings. The second-order valence-corrected chi connectivity index (χ2v) is 10.5. The van der Waals surface area contributed by atoms with E-state index >= 15 is 4.39 Å². The first-order valence-electron chi connectivity index (χ1n) is 13.4. The molecule has 1 amide bonds. The molecule has 2 aliphatic heterocycles. The number of hydrogen-bond acceptors (Lipinski definition) is 5. The van der Waals surface area contributed by atoms with Crippen molar-refractivity contribution < 1.29 is 31.8 Å².